The molecule has 0 aliphatic carbocycles. The molecule has 18 heavy (non-hydrogen) atoms. The molecule has 0 atom stereocenters. The predicted molar refractivity (Wildman–Crippen MR) is 67.5 cm³/mol. The number of Topliss-reactive ketones (excluding diaryl/α,β-unsaturated/α-hetero) is 1. The lowest BCUT2D eigenvalue weighted by atomic mass is 10.1. The lowest BCUT2D eigenvalue weighted by Crippen LogP contribution is -2.45. The molecule has 0 saturated carbocycles. The number of ketones is 1. The van der Waals surface area contributed by atoms with E-state index in [4.69, 9.17) is 10.5 Å². The summed E-state index contributed by atoms with van der Waals surface area (Å²) in [5, 5.41) is 0. The lowest BCUT2D eigenvalue weighted by Gasteiger charge is -2.26. The molecular formula is C12H15NO4S. The van der Waals surface area contributed by atoms with Crippen molar-refractivity contribution in [3.8, 4) is 5.75 Å². The predicted octanol–water partition coefficient (Wildman–Crippen LogP) is 0.394. The number of nitrogens with two attached hydrogens (primary N) is 1. The normalized spacial score (nSPS) is 18.1. The van der Waals surface area contributed by atoms with Crippen molar-refractivity contribution in [1.82, 2.24) is 0 Å². The van der Waals surface area contributed by atoms with Crippen LogP contribution >= 0.6 is 0 Å². The van der Waals surface area contributed by atoms with E-state index in [1.807, 2.05) is 0 Å². The smallest absolute Gasteiger partial charge is 0.164 e. The highest BCUT2D eigenvalue weighted by atomic mass is 32.2. The molecule has 0 aromatic heterocycles. The van der Waals surface area contributed by atoms with Gasteiger partial charge in [0.05, 0.1) is 11.5 Å². The number of carbonyl (C=O) groups excluding carboxylic acids is 1. The van der Waals surface area contributed by atoms with Crippen LogP contribution in [-0.4, -0.2) is 38.4 Å². The van der Waals surface area contributed by atoms with E-state index in [0.29, 0.717) is 24.3 Å². The first kappa shape index (κ1) is 13.0. The van der Waals surface area contributed by atoms with Crippen LogP contribution in [0.5, 0.6) is 5.75 Å². The highest BCUT2D eigenvalue weighted by Crippen LogP contribution is 2.20. The van der Waals surface area contributed by atoms with Gasteiger partial charge in [0.2, 0.25) is 0 Å². The Hall–Kier alpha value is -1.40. The molecule has 1 aromatic carbocycles. The van der Waals surface area contributed by atoms with Gasteiger partial charge in [0.25, 0.3) is 0 Å². The number of hydrogen-bond acceptors (Lipinski definition) is 5. The van der Waals surface area contributed by atoms with Crippen molar-refractivity contribution in [2.45, 2.75) is 12.5 Å². The number of rotatable bonds is 5. The second kappa shape index (κ2) is 5.07. The Bertz CT molecular complexity index is 524. The Morgan fingerprint density at radius 3 is 2.39 bits per heavy atom. The molecule has 5 nitrogen and oxygen atoms in total. The summed E-state index contributed by atoms with van der Waals surface area (Å²) in [4.78, 5) is 11.5. The summed E-state index contributed by atoms with van der Waals surface area (Å²) in [5.74, 6) is 0.719. The van der Waals surface area contributed by atoms with Crippen molar-refractivity contribution >= 4 is 15.6 Å². The Morgan fingerprint density at radius 1 is 1.28 bits per heavy atom. The van der Waals surface area contributed by atoms with Gasteiger partial charge in [0.15, 0.2) is 15.6 Å². The topological polar surface area (TPSA) is 86.5 Å². The number of sulfone groups is 1. The standard InChI is InChI=1S/C12H15NO4S/c13-6-5-12(14)9-1-3-10(4-2-9)17-11-7-18(15,16)8-11/h1-4,11H,5-8,13H2. The third-order valence-corrected chi connectivity index (χ3v) is 4.49. The van der Waals surface area contributed by atoms with E-state index in [-0.39, 0.29) is 23.4 Å². The highest BCUT2D eigenvalue weighted by molar-refractivity contribution is 7.92. The first-order chi connectivity index (χ1) is 8.50. The monoisotopic (exact) mass is 269 g/mol. The number of carbonyl (C=O) groups is 1. The molecule has 6 heteroatoms. The minimum atomic E-state index is -2.87. The van der Waals surface area contributed by atoms with Gasteiger partial charge in [-0.3, -0.25) is 4.79 Å². The van der Waals surface area contributed by atoms with E-state index in [9.17, 15) is 13.2 Å². The van der Waals surface area contributed by atoms with Crippen molar-refractivity contribution in [3.63, 3.8) is 0 Å². The third-order valence-electron chi connectivity index (χ3n) is 2.73. The van der Waals surface area contributed by atoms with Crippen molar-refractivity contribution in [2.24, 2.45) is 5.73 Å². The van der Waals surface area contributed by atoms with Crippen LogP contribution in [0.1, 0.15) is 16.8 Å². The zero-order valence-electron chi connectivity index (χ0n) is 9.83. The molecule has 2 N–H and O–H groups in total. The van der Waals surface area contributed by atoms with Crippen LogP contribution in [0.2, 0.25) is 0 Å². The number of ether oxygens (including phenoxy) is 1. The van der Waals surface area contributed by atoms with Gasteiger partial charge in [-0.1, -0.05) is 0 Å². The Labute approximate surface area is 106 Å². The van der Waals surface area contributed by atoms with Gasteiger partial charge in [0.1, 0.15) is 11.9 Å². The first-order valence-corrected chi connectivity index (χ1v) is 7.53. The zero-order chi connectivity index (χ0) is 13.2. The molecule has 1 heterocycles. The van der Waals surface area contributed by atoms with Crippen LogP contribution in [0.15, 0.2) is 24.3 Å². The minimum absolute atomic E-state index is 0.00438. The van der Waals surface area contributed by atoms with Gasteiger partial charge < -0.3 is 10.5 Å². The van der Waals surface area contributed by atoms with E-state index in [2.05, 4.69) is 0 Å². The molecule has 98 valence electrons. The first-order valence-electron chi connectivity index (χ1n) is 5.70. The Morgan fingerprint density at radius 2 is 1.89 bits per heavy atom. The second-order valence-electron chi connectivity index (χ2n) is 4.30. The molecule has 0 amide bonds. The van der Waals surface area contributed by atoms with Gasteiger partial charge in [0, 0.05) is 12.0 Å². The minimum Gasteiger partial charge on any atom is -0.488 e. The Kier molecular flexibility index (Phi) is 3.68. The fraction of sp³-hybridized carbons (Fsp3) is 0.417. The summed E-state index contributed by atoms with van der Waals surface area (Å²) in [6.07, 6.45) is 0.0572. The zero-order valence-corrected chi connectivity index (χ0v) is 10.7. The van der Waals surface area contributed by atoms with Crippen LogP contribution < -0.4 is 10.5 Å². The fourth-order valence-electron chi connectivity index (χ4n) is 1.77. The third kappa shape index (κ3) is 3.08. The molecule has 0 spiro atoms. The van der Waals surface area contributed by atoms with E-state index in [0.717, 1.165) is 0 Å². The van der Waals surface area contributed by atoms with Crippen molar-refractivity contribution in [2.75, 3.05) is 18.1 Å². The average Bonchev–Trinajstić information content (AvgIpc) is 2.28. The van der Waals surface area contributed by atoms with Gasteiger partial charge in [-0.2, -0.15) is 0 Å². The molecular weight excluding hydrogens is 254 g/mol. The Balaban J connectivity index is 1.94. The van der Waals surface area contributed by atoms with Gasteiger partial charge >= 0.3 is 0 Å². The summed E-state index contributed by atoms with van der Waals surface area (Å²) in [6, 6.07) is 6.68. The van der Waals surface area contributed by atoms with Crippen LogP contribution in [0.25, 0.3) is 0 Å². The fourth-order valence-corrected chi connectivity index (χ4v) is 2.94. The average molecular weight is 269 g/mol. The second-order valence-corrected chi connectivity index (χ2v) is 6.46. The van der Waals surface area contributed by atoms with Crippen molar-refractivity contribution < 1.29 is 17.9 Å². The van der Waals surface area contributed by atoms with E-state index >= 15 is 0 Å². The highest BCUT2D eigenvalue weighted by Gasteiger charge is 2.35. The molecule has 1 aromatic rings. The molecule has 2 rings (SSSR count). The van der Waals surface area contributed by atoms with Gasteiger partial charge in [-0.05, 0) is 30.8 Å². The molecule has 1 fully saturated rings. The molecule has 0 bridgehead atoms. The maximum atomic E-state index is 11.5. The van der Waals surface area contributed by atoms with Crippen LogP contribution in [0, 0.1) is 0 Å². The number of benzene rings is 1. The summed E-state index contributed by atoms with van der Waals surface area (Å²) in [5.41, 5.74) is 5.90. The van der Waals surface area contributed by atoms with E-state index < -0.39 is 9.84 Å². The van der Waals surface area contributed by atoms with E-state index in [1.165, 1.54) is 0 Å². The summed E-state index contributed by atoms with van der Waals surface area (Å²) < 4.78 is 27.4. The maximum Gasteiger partial charge on any atom is 0.164 e. The largest absolute Gasteiger partial charge is 0.488 e. The van der Waals surface area contributed by atoms with Crippen LogP contribution in [0.3, 0.4) is 0 Å². The quantitative estimate of drug-likeness (QED) is 0.782. The molecule has 1 aliphatic rings. The lowest BCUT2D eigenvalue weighted by molar-refractivity contribution is 0.0985. The summed E-state index contributed by atoms with van der Waals surface area (Å²) in [7, 11) is -2.87. The summed E-state index contributed by atoms with van der Waals surface area (Å²) in [6.45, 7) is 0.330. The van der Waals surface area contributed by atoms with E-state index in [1.54, 1.807) is 24.3 Å². The van der Waals surface area contributed by atoms with Crippen LogP contribution in [-0.2, 0) is 9.84 Å². The SMILES string of the molecule is NCCC(=O)c1ccc(OC2CS(=O)(=O)C2)cc1. The molecule has 1 aliphatic heterocycles. The molecule has 0 unspecified atom stereocenters. The molecule has 0 radical (unpaired) electrons. The van der Waals surface area contributed by atoms with Crippen molar-refractivity contribution in [1.29, 1.82) is 0 Å². The summed E-state index contributed by atoms with van der Waals surface area (Å²) >= 11 is 0. The molecule has 1 saturated heterocycles. The van der Waals surface area contributed by atoms with Crippen molar-refractivity contribution in [3.05, 3.63) is 29.8 Å². The van der Waals surface area contributed by atoms with Gasteiger partial charge in [-0.25, -0.2) is 8.42 Å². The number of hydrogen-bond donors (Lipinski definition) is 1. The van der Waals surface area contributed by atoms with Gasteiger partial charge in [-0.15, -0.1) is 0 Å². The van der Waals surface area contributed by atoms with Crippen LogP contribution in [0.4, 0.5) is 0 Å². The maximum absolute atomic E-state index is 11.5.